The standard InChI is InChI=1S/C15H17BrN4O2S/c16-14-9-13(10-15(19-14)20-7-5-18-6-8-20)23(21,22)12-3-1-11(17)2-4-12/h1-4,9-10,18H,5-8,17H2. The molecule has 1 aromatic heterocycles. The van der Waals surface area contributed by atoms with Crippen LogP contribution in [0.4, 0.5) is 11.5 Å². The number of sulfone groups is 1. The van der Waals surface area contributed by atoms with Gasteiger partial charge in [-0.1, -0.05) is 0 Å². The Morgan fingerprint density at radius 3 is 2.39 bits per heavy atom. The maximum Gasteiger partial charge on any atom is 0.206 e. The van der Waals surface area contributed by atoms with Crippen LogP contribution in [0.3, 0.4) is 0 Å². The van der Waals surface area contributed by atoms with Crippen LogP contribution in [0, 0.1) is 0 Å². The highest BCUT2D eigenvalue weighted by atomic mass is 79.9. The van der Waals surface area contributed by atoms with E-state index in [2.05, 4.69) is 31.1 Å². The highest BCUT2D eigenvalue weighted by Gasteiger charge is 2.21. The molecule has 0 amide bonds. The van der Waals surface area contributed by atoms with Crippen LogP contribution in [-0.2, 0) is 9.84 Å². The number of benzene rings is 1. The Morgan fingerprint density at radius 2 is 1.74 bits per heavy atom. The van der Waals surface area contributed by atoms with E-state index in [1.165, 1.54) is 18.2 Å². The van der Waals surface area contributed by atoms with Gasteiger partial charge in [0.2, 0.25) is 9.84 Å². The number of pyridine rings is 1. The van der Waals surface area contributed by atoms with Crippen molar-refractivity contribution in [2.75, 3.05) is 36.8 Å². The fourth-order valence-corrected chi connectivity index (χ4v) is 4.33. The summed E-state index contributed by atoms with van der Waals surface area (Å²) >= 11 is 3.32. The third-order valence-electron chi connectivity index (χ3n) is 3.70. The van der Waals surface area contributed by atoms with Gasteiger partial charge in [0, 0.05) is 31.9 Å². The van der Waals surface area contributed by atoms with E-state index >= 15 is 0 Å². The monoisotopic (exact) mass is 396 g/mol. The van der Waals surface area contributed by atoms with E-state index in [9.17, 15) is 8.42 Å². The third-order valence-corrected chi connectivity index (χ3v) is 5.85. The number of anilines is 2. The van der Waals surface area contributed by atoms with Gasteiger partial charge in [0.05, 0.1) is 9.79 Å². The number of nitrogen functional groups attached to an aromatic ring is 1. The largest absolute Gasteiger partial charge is 0.399 e. The molecule has 0 saturated carbocycles. The minimum atomic E-state index is -3.61. The zero-order chi connectivity index (χ0) is 16.4. The highest BCUT2D eigenvalue weighted by Crippen LogP contribution is 2.27. The van der Waals surface area contributed by atoms with Gasteiger partial charge >= 0.3 is 0 Å². The molecule has 1 saturated heterocycles. The molecular weight excluding hydrogens is 380 g/mol. The molecule has 8 heteroatoms. The first-order chi connectivity index (χ1) is 11.0. The average Bonchev–Trinajstić information content (AvgIpc) is 2.55. The van der Waals surface area contributed by atoms with Gasteiger partial charge in [-0.2, -0.15) is 0 Å². The summed E-state index contributed by atoms with van der Waals surface area (Å²) in [5, 5.41) is 3.26. The molecule has 0 atom stereocenters. The summed E-state index contributed by atoms with van der Waals surface area (Å²) in [6.07, 6.45) is 0. The fraction of sp³-hybridized carbons (Fsp3) is 0.267. The van der Waals surface area contributed by atoms with Crippen molar-refractivity contribution >= 4 is 37.3 Å². The summed E-state index contributed by atoms with van der Waals surface area (Å²) in [5.41, 5.74) is 6.16. The molecule has 0 aliphatic carbocycles. The van der Waals surface area contributed by atoms with Gasteiger partial charge in [0.1, 0.15) is 10.4 Å². The number of nitrogens with one attached hydrogen (secondary N) is 1. The van der Waals surface area contributed by atoms with Crippen LogP contribution in [-0.4, -0.2) is 39.6 Å². The van der Waals surface area contributed by atoms with E-state index in [1.54, 1.807) is 18.2 Å². The maximum absolute atomic E-state index is 12.8. The molecule has 1 aliphatic heterocycles. The molecular formula is C15H17BrN4O2S. The van der Waals surface area contributed by atoms with Gasteiger partial charge in [-0.15, -0.1) is 0 Å². The van der Waals surface area contributed by atoms with Crippen molar-refractivity contribution < 1.29 is 8.42 Å². The molecule has 2 heterocycles. The van der Waals surface area contributed by atoms with Gasteiger partial charge in [-0.25, -0.2) is 13.4 Å². The first-order valence-electron chi connectivity index (χ1n) is 7.21. The van der Waals surface area contributed by atoms with E-state index in [0.717, 1.165) is 26.2 Å². The number of hydrogen-bond donors (Lipinski definition) is 2. The predicted octanol–water partition coefficient (Wildman–Crippen LogP) is 1.67. The molecule has 1 fully saturated rings. The van der Waals surface area contributed by atoms with Crippen LogP contribution >= 0.6 is 15.9 Å². The highest BCUT2D eigenvalue weighted by molar-refractivity contribution is 9.10. The molecule has 1 aliphatic rings. The number of halogens is 1. The fourth-order valence-electron chi connectivity index (χ4n) is 2.45. The number of aromatic nitrogens is 1. The summed E-state index contributed by atoms with van der Waals surface area (Å²) in [6, 6.07) is 9.35. The van der Waals surface area contributed by atoms with E-state index < -0.39 is 9.84 Å². The molecule has 0 unspecified atom stereocenters. The molecule has 122 valence electrons. The molecule has 23 heavy (non-hydrogen) atoms. The summed E-state index contributed by atoms with van der Waals surface area (Å²) in [6.45, 7) is 3.30. The van der Waals surface area contributed by atoms with Gasteiger partial charge < -0.3 is 16.0 Å². The zero-order valence-corrected chi connectivity index (χ0v) is 14.8. The average molecular weight is 397 g/mol. The quantitative estimate of drug-likeness (QED) is 0.605. The van der Waals surface area contributed by atoms with Crippen LogP contribution in [0.25, 0.3) is 0 Å². The van der Waals surface area contributed by atoms with Crippen molar-refractivity contribution in [2.45, 2.75) is 9.79 Å². The molecule has 3 N–H and O–H groups in total. The van der Waals surface area contributed by atoms with Gasteiger partial charge in [-0.05, 0) is 52.3 Å². The normalized spacial score (nSPS) is 15.6. The Morgan fingerprint density at radius 1 is 1.09 bits per heavy atom. The Kier molecular flexibility index (Phi) is 4.56. The summed E-state index contributed by atoms with van der Waals surface area (Å²) in [4.78, 5) is 6.92. The lowest BCUT2D eigenvalue weighted by Gasteiger charge is -2.28. The first-order valence-corrected chi connectivity index (χ1v) is 9.48. The number of nitrogens with two attached hydrogens (primary N) is 1. The topological polar surface area (TPSA) is 88.3 Å². The first kappa shape index (κ1) is 16.2. The van der Waals surface area contributed by atoms with Crippen molar-refractivity contribution in [1.82, 2.24) is 10.3 Å². The van der Waals surface area contributed by atoms with E-state index in [0.29, 0.717) is 16.1 Å². The zero-order valence-electron chi connectivity index (χ0n) is 12.4. The van der Waals surface area contributed by atoms with Gasteiger partial charge in [0.25, 0.3) is 0 Å². The van der Waals surface area contributed by atoms with Crippen molar-refractivity contribution in [2.24, 2.45) is 0 Å². The number of rotatable bonds is 3. The van der Waals surface area contributed by atoms with E-state index in [4.69, 9.17) is 5.73 Å². The number of hydrogen-bond acceptors (Lipinski definition) is 6. The Hall–Kier alpha value is -1.64. The van der Waals surface area contributed by atoms with E-state index in [-0.39, 0.29) is 9.79 Å². The van der Waals surface area contributed by atoms with Crippen LogP contribution < -0.4 is 16.0 Å². The minimum absolute atomic E-state index is 0.219. The van der Waals surface area contributed by atoms with Crippen molar-refractivity contribution in [3.63, 3.8) is 0 Å². The molecule has 1 aromatic carbocycles. The summed E-state index contributed by atoms with van der Waals surface area (Å²) < 4.78 is 26.1. The molecule has 0 radical (unpaired) electrons. The molecule has 3 rings (SSSR count). The second-order valence-electron chi connectivity index (χ2n) is 5.29. The van der Waals surface area contributed by atoms with Crippen molar-refractivity contribution in [3.05, 3.63) is 41.0 Å². The lowest BCUT2D eigenvalue weighted by Crippen LogP contribution is -2.43. The Labute approximate surface area is 143 Å². The summed E-state index contributed by atoms with van der Waals surface area (Å²) in [7, 11) is -3.61. The van der Waals surface area contributed by atoms with E-state index in [1.807, 2.05) is 0 Å². The summed E-state index contributed by atoms with van der Waals surface area (Å²) in [5.74, 6) is 0.662. The van der Waals surface area contributed by atoms with Crippen molar-refractivity contribution in [3.8, 4) is 0 Å². The van der Waals surface area contributed by atoms with Crippen LogP contribution in [0.1, 0.15) is 0 Å². The van der Waals surface area contributed by atoms with Crippen molar-refractivity contribution in [1.29, 1.82) is 0 Å². The minimum Gasteiger partial charge on any atom is -0.399 e. The molecule has 0 spiro atoms. The second-order valence-corrected chi connectivity index (χ2v) is 8.06. The van der Waals surface area contributed by atoms with Crippen LogP contribution in [0.5, 0.6) is 0 Å². The SMILES string of the molecule is Nc1ccc(S(=O)(=O)c2cc(Br)nc(N3CCNCC3)c2)cc1. The maximum atomic E-state index is 12.8. The molecule has 6 nitrogen and oxygen atoms in total. The number of piperazine rings is 1. The van der Waals surface area contributed by atoms with Crippen LogP contribution in [0.15, 0.2) is 50.8 Å². The second kappa shape index (κ2) is 6.46. The van der Waals surface area contributed by atoms with Gasteiger partial charge in [-0.3, -0.25) is 0 Å². The smallest absolute Gasteiger partial charge is 0.206 e. The molecule has 2 aromatic rings. The lowest BCUT2D eigenvalue weighted by atomic mass is 10.3. The third kappa shape index (κ3) is 3.49. The predicted molar refractivity (Wildman–Crippen MR) is 93.3 cm³/mol. The molecule has 0 bridgehead atoms. The number of nitrogens with zero attached hydrogens (tertiary/aromatic N) is 2. The van der Waals surface area contributed by atoms with Gasteiger partial charge in [0.15, 0.2) is 0 Å². The Bertz CT molecular complexity index is 803. The lowest BCUT2D eigenvalue weighted by molar-refractivity contribution is 0.582. The van der Waals surface area contributed by atoms with Crippen LogP contribution in [0.2, 0.25) is 0 Å². The Balaban J connectivity index is 2.01.